The fraction of sp³-hybridized carbons (Fsp3) is 0.538. The van der Waals surface area contributed by atoms with Crippen molar-refractivity contribution in [3.8, 4) is 5.75 Å². The summed E-state index contributed by atoms with van der Waals surface area (Å²) in [6.45, 7) is 1.87. The molecule has 1 unspecified atom stereocenters. The van der Waals surface area contributed by atoms with Gasteiger partial charge in [-0.05, 0) is 44.0 Å². The first-order valence-electron chi connectivity index (χ1n) is 5.88. The van der Waals surface area contributed by atoms with Crippen molar-refractivity contribution in [3.63, 3.8) is 0 Å². The molecule has 1 saturated heterocycles. The molecule has 0 bridgehead atoms. The lowest BCUT2D eigenvalue weighted by Crippen LogP contribution is -2.35. The SMILES string of the molecule is Clc1c[c]ccc1OCCC1CCCCN1. The van der Waals surface area contributed by atoms with Gasteiger partial charge in [0, 0.05) is 6.04 Å². The molecule has 0 aliphatic carbocycles. The molecule has 0 aromatic heterocycles. The topological polar surface area (TPSA) is 21.3 Å². The second-order valence-electron chi connectivity index (χ2n) is 4.14. The first-order valence-corrected chi connectivity index (χ1v) is 6.26. The van der Waals surface area contributed by atoms with Crippen LogP contribution in [0.5, 0.6) is 5.75 Å². The normalized spacial score (nSPS) is 20.7. The van der Waals surface area contributed by atoms with Gasteiger partial charge in [0.2, 0.25) is 0 Å². The molecule has 1 aromatic rings. The van der Waals surface area contributed by atoms with Crippen LogP contribution in [-0.2, 0) is 0 Å². The highest BCUT2D eigenvalue weighted by molar-refractivity contribution is 6.32. The van der Waals surface area contributed by atoms with Crippen LogP contribution >= 0.6 is 11.6 Å². The van der Waals surface area contributed by atoms with Crippen LogP contribution in [0.15, 0.2) is 18.2 Å². The number of benzene rings is 1. The summed E-state index contributed by atoms with van der Waals surface area (Å²) in [4.78, 5) is 0. The van der Waals surface area contributed by atoms with Gasteiger partial charge in [-0.3, -0.25) is 0 Å². The third-order valence-corrected chi connectivity index (χ3v) is 3.21. The van der Waals surface area contributed by atoms with E-state index in [0.29, 0.717) is 11.1 Å². The summed E-state index contributed by atoms with van der Waals surface area (Å²) in [7, 11) is 0. The van der Waals surface area contributed by atoms with E-state index in [0.717, 1.165) is 25.3 Å². The van der Waals surface area contributed by atoms with E-state index in [4.69, 9.17) is 16.3 Å². The Hall–Kier alpha value is -0.730. The highest BCUT2D eigenvalue weighted by Crippen LogP contribution is 2.23. The minimum Gasteiger partial charge on any atom is -0.492 e. The number of rotatable bonds is 4. The molecule has 3 heteroatoms. The molecule has 16 heavy (non-hydrogen) atoms. The quantitative estimate of drug-likeness (QED) is 0.871. The molecule has 1 fully saturated rings. The van der Waals surface area contributed by atoms with Crippen molar-refractivity contribution in [1.82, 2.24) is 5.32 Å². The minimum absolute atomic E-state index is 0.614. The largest absolute Gasteiger partial charge is 0.492 e. The van der Waals surface area contributed by atoms with Crippen molar-refractivity contribution in [3.05, 3.63) is 29.3 Å². The summed E-state index contributed by atoms with van der Waals surface area (Å²) < 4.78 is 5.65. The van der Waals surface area contributed by atoms with Crippen LogP contribution in [0.25, 0.3) is 0 Å². The molecule has 0 amide bonds. The summed E-state index contributed by atoms with van der Waals surface area (Å²) >= 11 is 5.97. The summed E-state index contributed by atoms with van der Waals surface area (Å²) in [5.41, 5.74) is 0. The van der Waals surface area contributed by atoms with Crippen LogP contribution in [0, 0.1) is 6.07 Å². The molecule has 1 atom stereocenters. The number of piperidine rings is 1. The molecular formula is C13H17ClNO. The lowest BCUT2D eigenvalue weighted by molar-refractivity contribution is 0.268. The molecule has 1 N–H and O–H groups in total. The molecule has 1 heterocycles. The molecule has 2 rings (SSSR count). The predicted molar refractivity (Wildman–Crippen MR) is 66.0 cm³/mol. The first kappa shape index (κ1) is 11.7. The Kier molecular flexibility index (Phi) is 4.49. The second kappa shape index (κ2) is 6.12. The fourth-order valence-electron chi connectivity index (χ4n) is 1.99. The van der Waals surface area contributed by atoms with Crippen LogP contribution in [0.4, 0.5) is 0 Å². The zero-order valence-electron chi connectivity index (χ0n) is 9.34. The predicted octanol–water partition coefficient (Wildman–Crippen LogP) is 3.05. The Morgan fingerprint density at radius 2 is 2.44 bits per heavy atom. The number of hydrogen-bond acceptors (Lipinski definition) is 2. The van der Waals surface area contributed by atoms with Crippen LogP contribution in [0.2, 0.25) is 5.02 Å². The lowest BCUT2D eigenvalue weighted by atomic mass is 10.0. The molecule has 1 aliphatic heterocycles. The van der Waals surface area contributed by atoms with E-state index in [9.17, 15) is 0 Å². The van der Waals surface area contributed by atoms with E-state index in [1.54, 1.807) is 6.07 Å². The number of halogens is 1. The zero-order chi connectivity index (χ0) is 11.2. The van der Waals surface area contributed by atoms with Gasteiger partial charge in [0.1, 0.15) is 5.75 Å². The average Bonchev–Trinajstić information content (AvgIpc) is 2.33. The average molecular weight is 239 g/mol. The first-order chi connectivity index (χ1) is 7.86. The minimum atomic E-state index is 0.614. The van der Waals surface area contributed by atoms with E-state index in [1.165, 1.54) is 19.3 Å². The molecule has 1 aliphatic rings. The maximum absolute atomic E-state index is 5.97. The summed E-state index contributed by atoms with van der Waals surface area (Å²) in [6, 6.07) is 8.94. The van der Waals surface area contributed by atoms with Crippen molar-refractivity contribution < 1.29 is 4.74 Å². The zero-order valence-corrected chi connectivity index (χ0v) is 10.1. The second-order valence-corrected chi connectivity index (χ2v) is 4.55. The molecule has 0 saturated carbocycles. The van der Waals surface area contributed by atoms with Gasteiger partial charge in [0.25, 0.3) is 0 Å². The van der Waals surface area contributed by atoms with Gasteiger partial charge < -0.3 is 10.1 Å². The van der Waals surface area contributed by atoms with E-state index in [2.05, 4.69) is 11.4 Å². The Labute approximate surface area is 102 Å². The molecule has 1 aromatic carbocycles. The smallest absolute Gasteiger partial charge is 0.137 e. The van der Waals surface area contributed by atoms with E-state index in [1.807, 2.05) is 12.1 Å². The van der Waals surface area contributed by atoms with Crippen LogP contribution in [-0.4, -0.2) is 19.2 Å². The molecule has 1 radical (unpaired) electrons. The summed E-state index contributed by atoms with van der Waals surface area (Å²) in [5, 5.41) is 4.14. The van der Waals surface area contributed by atoms with Gasteiger partial charge >= 0.3 is 0 Å². The van der Waals surface area contributed by atoms with Gasteiger partial charge in [-0.1, -0.05) is 24.1 Å². The number of nitrogens with one attached hydrogen (secondary N) is 1. The molecular weight excluding hydrogens is 222 g/mol. The van der Waals surface area contributed by atoms with Crippen molar-refractivity contribution in [2.24, 2.45) is 0 Å². The molecule has 0 spiro atoms. The van der Waals surface area contributed by atoms with E-state index >= 15 is 0 Å². The van der Waals surface area contributed by atoms with Gasteiger partial charge in [-0.2, -0.15) is 0 Å². The van der Waals surface area contributed by atoms with Gasteiger partial charge in [0.05, 0.1) is 11.6 Å². The summed E-state index contributed by atoms with van der Waals surface area (Å²) in [5.74, 6) is 0.760. The van der Waals surface area contributed by atoms with Gasteiger partial charge in [-0.15, -0.1) is 0 Å². The van der Waals surface area contributed by atoms with E-state index < -0.39 is 0 Å². The van der Waals surface area contributed by atoms with Crippen LogP contribution in [0.1, 0.15) is 25.7 Å². The highest BCUT2D eigenvalue weighted by Gasteiger charge is 2.12. The fourth-order valence-corrected chi connectivity index (χ4v) is 2.17. The van der Waals surface area contributed by atoms with Crippen molar-refractivity contribution in [2.75, 3.05) is 13.2 Å². The van der Waals surface area contributed by atoms with Crippen molar-refractivity contribution in [1.29, 1.82) is 0 Å². The van der Waals surface area contributed by atoms with E-state index in [-0.39, 0.29) is 0 Å². The number of ether oxygens (including phenoxy) is 1. The lowest BCUT2D eigenvalue weighted by Gasteiger charge is -2.23. The number of hydrogen-bond donors (Lipinski definition) is 1. The van der Waals surface area contributed by atoms with Crippen LogP contribution in [0.3, 0.4) is 0 Å². The van der Waals surface area contributed by atoms with Gasteiger partial charge in [0.15, 0.2) is 0 Å². The third-order valence-electron chi connectivity index (χ3n) is 2.91. The maximum Gasteiger partial charge on any atom is 0.137 e. The molecule has 87 valence electrons. The van der Waals surface area contributed by atoms with Crippen molar-refractivity contribution in [2.45, 2.75) is 31.7 Å². The monoisotopic (exact) mass is 238 g/mol. The Morgan fingerprint density at radius 3 is 3.19 bits per heavy atom. The standard InChI is InChI=1S/C13H17ClNO/c14-12-6-1-2-7-13(12)16-10-8-11-5-3-4-9-15-11/h2,6-7,11,15H,3-5,8-10H2. The Balaban J connectivity index is 1.73. The van der Waals surface area contributed by atoms with Crippen LogP contribution < -0.4 is 10.1 Å². The Bertz CT molecular complexity index is 323. The van der Waals surface area contributed by atoms with Crippen molar-refractivity contribution >= 4 is 11.6 Å². The maximum atomic E-state index is 5.97. The Morgan fingerprint density at radius 1 is 1.50 bits per heavy atom. The highest BCUT2D eigenvalue weighted by atomic mass is 35.5. The van der Waals surface area contributed by atoms with Gasteiger partial charge in [-0.25, -0.2) is 0 Å². The molecule has 2 nitrogen and oxygen atoms in total. The third kappa shape index (κ3) is 3.39. The summed E-state index contributed by atoms with van der Waals surface area (Å²) in [6.07, 6.45) is 4.95.